The van der Waals surface area contributed by atoms with Crippen LogP contribution in [0, 0.1) is 0 Å². The molecule has 2 rings (SSSR count). The molecule has 6 nitrogen and oxygen atoms in total. The lowest BCUT2D eigenvalue weighted by molar-refractivity contribution is 0.580. The van der Waals surface area contributed by atoms with E-state index in [1.165, 1.54) is 0 Å². The van der Waals surface area contributed by atoms with E-state index in [1.54, 1.807) is 42.3 Å². The summed E-state index contributed by atoms with van der Waals surface area (Å²) in [4.78, 5) is 4.27. The predicted molar refractivity (Wildman–Crippen MR) is 74.0 cm³/mol. The third-order valence-electron chi connectivity index (χ3n) is 2.41. The second kappa shape index (κ2) is 5.81. The Balaban J connectivity index is 1.96. The van der Waals surface area contributed by atoms with Gasteiger partial charge in [-0.05, 0) is 24.3 Å². The van der Waals surface area contributed by atoms with Crippen molar-refractivity contribution in [3.63, 3.8) is 0 Å². The van der Waals surface area contributed by atoms with E-state index < -0.39 is 10.0 Å². The molecule has 1 heterocycles. The summed E-state index contributed by atoms with van der Waals surface area (Å²) in [6.45, 7) is 0.266. The lowest BCUT2D eigenvalue weighted by atomic mass is 10.4. The molecule has 0 radical (unpaired) electrons. The molecule has 2 aromatic rings. The molecule has 1 aromatic heterocycles. The van der Waals surface area contributed by atoms with Crippen molar-refractivity contribution >= 4 is 26.0 Å². The molecule has 102 valence electrons. The van der Waals surface area contributed by atoms with Crippen molar-refractivity contribution in [1.82, 2.24) is 19.5 Å². The highest BCUT2D eigenvalue weighted by atomic mass is 79.9. The van der Waals surface area contributed by atoms with Crippen LogP contribution in [0.2, 0.25) is 0 Å². The van der Waals surface area contributed by atoms with Crippen molar-refractivity contribution in [2.45, 2.75) is 11.3 Å². The molecule has 0 bridgehead atoms. The van der Waals surface area contributed by atoms with Crippen LogP contribution in [0.4, 0.5) is 0 Å². The summed E-state index contributed by atoms with van der Waals surface area (Å²) >= 11 is 3.26. The highest BCUT2D eigenvalue weighted by Crippen LogP contribution is 2.14. The number of rotatable bonds is 5. The summed E-state index contributed by atoms with van der Waals surface area (Å²) in [5.74, 6) is 0.612. The Morgan fingerprint density at radius 3 is 2.58 bits per heavy atom. The zero-order valence-corrected chi connectivity index (χ0v) is 12.6. The topological polar surface area (TPSA) is 76.9 Å². The molecule has 0 saturated heterocycles. The van der Waals surface area contributed by atoms with Gasteiger partial charge in [-0.25, -0.2) is 18.1 Å². The number of hydrogen-bond donors (Lipinski definition) is 1. The van der Waals surface area contributed by atoms with E-state index in [9.17, 15) is 8.42 Å². The maximum absolute atomic E-state index is 12.0. The third-order valence-corrected chi connectivity index (χ3v) is 4.42. The lowest BCUT2D eigenvalue weighted by Gasteiger charge is -2.05. The number of nitrogens with zero attached hydrogens (tertiary/aromatic N) is 3. The van der Waals surface area contributed by atoms with Gasteiger partial charge >= 0.3 is 0 Å². The second-order valence-electron chi connectivity index (χ2n) is 3.94. The van der Waals surface area contributed by atoms with Crippen LogP contribution >= 0.6 is 15.9 Å². The number of sulfonamides is 1. The zero-order valence-electron chi connectivity index (χ0n) is 10.2. The molecular weight excluding hydrogens is 332 g/mol. The van der Waals surface area contributed by atoms with E-state index in [4.69, 9.17) is 0 Å². The molecule has 0 saturated carbocycles. The minimum atomic E-state index is -3.47. The molecule has 0 unspecified atom stereocenters. The molecule has 19 heavy (non-hydrogen) atoms. The van der Waals surface area contributed by atoms with Crippen LogP contribution in [-0.4, -0.2) is 29.7 Å². The van der Waals surface area contributed by atoms with E-state index in [0.717, 1.165) is 4.47 Å². The number of hydrogen-bond acceptors (Lipinski definition) is 4. The van der Waals surface area contributed by atoms with Gasteiger partial charge in [-0.15, -0.1) is 0 Å². The van der Waals surface area contributed by atoms with Gasteiger partial charge in [0.15, 0.2) is 5.82 Å². The highest BCUT2D eigenvalue weighted by molar-refractivity contribution is 9.10. The minimum absolute atomic E-state index is 0.240. The summed E-state index contributed by atoms with van der Waals surface area (Å²) < 4.78 is 28.9. The van der Waals surface area contributed by atoms with Gasteiger partial charge in [-0.3, -0.25) is 4.68 Å². The minimum Gasteiger partial charge on any atom is -0.256 e. The largest absolute Gasteiger partial charge is 0.256 e. The molecule has 0 aliphatic rings. The summed E-state index contributed by atoms with van der Waals surface area (Å²) in [6.07, 6.45) is 2.04. The molecule has 0 fully saturated rings. The van der Waals surface area contributed by atoms with Gasteiger partial charge in [0.05, 0.1) is 4.90 Å². The van der Waals surface area contributed by atoms with Crippen molar-refractivity contribution in [3.05, 3.63) is 40.9 Å². The van der Waals surface area contributed by atoms with Crippen molar-refractivity contribution in [2.75, 3.05) is 6.54 Å². The Bertz CT molecular complexity index is 652. The molecule has 0 atom stereocenters. The average Bonchev–Trinajstić information content (AvgIpc) is 2.75. The fourth-order valence-electron chi connectivity index (χ4n) is 1.49. The summed E-state index contributed by atoms with van der Waals surface area (Å²) in [5, 5.41) is 4.08. The first-order valence-electron chi connectivity index (χ1n) is 5.57. The van der Waals surface area contributed by atoms with Crippen molar-refractivity contribution in [2.24, 2.45) is 7.05 Å². The van der Waals surface area contributed by atoms with Gasteiger partial charge in [0.2, 0.25) is 10.0 Å². The normalized spacial score (nSPS) is 11.7. The van der Waals surface area contributed by atoms with Gasteiger partial charge in [-0.2, -0.15) is 5.10 Å². The fourth-order valence-corrected chi connectivity index (χ4v) is 2.79. The van der Waals surface area contributed by atoms with Crippen LogP contribution in [0.3, 0.4) is 0 Å². The van der Waals surface area contributed by atoms with Crippen molar-refractivity contribution in [3.8, 4) is 0 Å². The van der Waals surface area contributed by atoms with E-state index in [2.05, 4.69) is 30.7 Å². The van der Waals surface area contributed by atoms with Crippen LogP contribution in [0.1, 0.15) is 5.82 Å². The molecule has 0 spiro atoms. The zero-order chi connectivity index (χ0) is 13.9. The Morgan fingerprint density at radius 1 is 1.32 bits per heavy atom. The molecule has 0 aliphatic heterocycles. The number of aryl methyl sites for hydroxylation is 1. The number of nitrogens with one attached hydrogen (secondary N) is 1. The molecule has 8 heteroatoms. The SMILES string of the molecule is Cn1cnc(CCNS(=O)(=O)c2ccc(Br)cc2)n1. The first kappa shape index (κ1) is 14.2. The maximum atomic E-state index is 12.0. The Labute approximate surface area is 120 Å². The number of benzene rings is 1. The molecule has 0 aliphatic carbocycles. The van der Waals surface area contributed by atoms with E-state index in [-0.39, 0.29) is 11.4 Å². The standard InChI is InChI=1S/C11H13BrN4O2S/c1-16-8-13-11(15-16)6-7-14-19(17,18)10-4-2-9(12)3-5-10/h2-5,8,14H,6-7H2,1H3. The van der Waals surface area contributed by atoms with Crippen LogP contribution in [0.15, 0.2) is 40.0 Å². The first-order chi connectivity index (χ1) is 8.97. The monoisotopic (exact) mass is 344 g/mol. The van der Waals surface area contributed by atoms with Crippen LogP contribution in [0.25, 0.3) is 0 Å². The predicted octanol–water partition coefficient (Wildman–Crippen LogP) is 1.10. The van der Waals surface area contributed by atoms with Gasteiger partial charge in [0.1, 0.15) is 6.33 Å². The van der Waals surface area contributed by atoms with Gasteiger partial charge in [-0.1, -0.05) is 15.9 Å². The smallest absolute Gasteiger partial charge is 0.240 e. The van der Waals surface area contributed by atoms with Crippen molar-refractivity contribution in [1.29, 1.82) is 0 Å². The molecule has 1 N–H and O–H groups in total. The number of aromatic nitrogens is 3. The fraction of sp³-hybridized carbons (Fsp3) is 0.273. The van der Waals surface area contributed by atoms with E-state index in [0.29, 0.717) is 12.2 Å². The lowest BCUT2D eigenvalue weighted by Crippen LogP contribution is -2.26. The van der Waals surface area contributed by atoms with Crippen molar-refractivity contribution < 1.29 is 8.42 Å². The van der Waals surface area contributed by atoms with Crippen LogP contribution < -0.4 is 4.72 Å². The second-order valence-corrected chi connectivity index (χ2v) is 6.62. The molecule has 1 aromatic carbocycles. The Morgan fingerprint density at radius 2 is 2.00 bits per heavy atom. The molecule has 0 amide bonds. The molecular formula is C11H13BrN4O2S. The first-order valence-corrected chi connectivity index (χ1v) is 7.85. The summed E-state index contributed by atoms with van der Waals surface area (Å²) in [5.41, 5.74) is 0. The quantitative estimate of drug-likeness (QED) is 0.880. The van der Waals surface area contributed by atoms with Gasteiger partial charge in [0, 0.05) is 24.5 Å². The highest BCUT2D eigenvalue weighted by Gasteiger charge is 2.13. The maximum Gasteiger partial charge on any atom is 0.240 e. The average molecular weight is 345 g/mol. The number of halogens is 1. The third kappa shape index (κ3) is 3.85. The summed E-state index contributed by atoms with van der Waals surface area (Å²) in [6, 6.07) is 6.47. The van der Waals surface area contributed by atoms with E-state index >= 15 is 0 Å². The van der Waals surface area contributed by atoms with E-state index in [1.807, 2.05) is 0 Å². The van der Waals surface area contributed by atoms with Crippen LogP contribution in [-0.2, 0) is 23.5 Å². The Kier molecular flexibility index (Phi) is 4.33. The van der Waals surface area contributed by atoms with Gasteiger partial charge < -0.3 is 0 Å². The summed E-state index contributed by atoms with van der Waals surface area (Å²) in [7, 11) is -1.71. The Hall–Kier alpha value is -1.25. The van der Waals surface area contributed by atoms with Crippen LogP contribution in [0.5, 0.6) is 0 Å². The van der Waals surface area contributed by atoms with Gasteiger partial charge in [0.25, 0.3) is 0 Å².